The molecule has 0 aliphatic carbocycles. The molecular weight excluding hydrogens is 417 g/mol. The number of nitro benzene ring substituents is 1. The Morgan fingerprint density at radius 2 is 1.55 bits per heavy atom. The molecule has 2 aromatic rings. The van der Waals surface area contributed by atoms with Gasteiger partial charge in [0, 0.05) is 17.8 Å². The van der Waals surface area contributed by atoms with Crippen molar-refractivity contribution in [1.82, 2.24) is 0 Å². The molecule has 0 atom stereocenters. The van der Waals surface area contributed by atoms with Crippen LogP contribution in [0.5, 0.6) is 5.75 Å². The van der Waals surface area contributed by atoms with Crippen molar-refractivity contribution in [2.24, 2.45) is 0 Å². The first-order valence-corrected chi connectivity index (χ1v) is 7.43. The Bertz CT molecular complexity index is 910. The van der Waals surface area contributed by atoms with Crippen LogP contribution >= 0.6 is 0 Å². The van der Waals surface area contributed by atoms with Crippen molar-refractivity contribution in [1.29, 1.82) is 0 Å². The average Bonchev–Trinajstić information content (AvgIpc) is 2.58. The fraction of sp³-hybridized carbons (Fsp3) is 0.188. The Hall–Kier alpha value is -3.38. The predicted molar refractivity (Wildman–Crippen MR) is 83.6 cm³/mol. The second-order valence-electron chi connectivity index (χ2n) is 5.50. The van der Waals surface area contributed by atoms with E-state index >= 15 is 0 Å². The normalized spacial score (nSPS) is 11.8. The summed E-state index contributed by atoms with van der Waals surface area (Å²) in [6.07, 6.45) is -10.2. The lowest BCUT2D eigenvalue weighted by atomic mass is 10.1. The van der Waals surface area contributed by atoms with Gasteiger partial charge in [0.1, 0.15) is 5.75 Å². The molecule has 0 heterocycles. The van der Waals surface area contributed by atoms with Gasteiger partial charge in [-0.25, -0.2) is 0 Å². The van der Waals surface area contributed by atoms with Gasteiger partial charge >= 0.3 is 18.0 Å². The molecule has 0 radical (unpaired) electrons. The van der Waals surface area contributed by atoms with E-state index in [-0.39, 0.29) is 11.8 Å². The predicted octanol–water partition coefficient (Wildman–Crippen LogP) is 4.79. The molecule has 2 rings (SSSR count). The number of ether oxygens (including phenoxy) is 1. The van der Waals surface area contributed by atoms with Crippen LogP contribution in [0.2, 0.25) is 0 Å². The summed E-state index contributed by atoms with van der Waals surface area (Å²) in [5.74, 6) is -2.72. The Morgan fingerprint density at radius 3 is 2.00 bits per heavy atom. The summed E-state index contributed by atoms with van der Waals surface area (Å²) in [6, 6.07) is 2.81. The first kappa shape index (κ1) is 21.9. The summed E-state index contributed by atoms with van der Waals surface area (Å²) in [7, 11) is 0. The van der Waals surface area contributed by atoms with Crippen LogP contribution in [0.15, 0.2) is 36.4 Å². The van der Waals surface area contributed by atoms with Crippen molar-refractivity contribution in [3.63, 3.8) is 0 Å². The van der Waals surface area contributed by atoms with Crippen LogP contribution in [0.1, 0.15) is 11.1 Å². The molecule has 0 saturated carbocycles. The van der Waals surface area contributed by atoms with E-state index in [4.69, 9.17) is 4.74 Å². The molecule has 156 valence electrons. The molecule has 0 fully saturated rings. The fourth-order valence-corrected chi connectivity index (χ4v) is 2.10. The highest BCUT2D eigenvalue weighted by Gasteiger charge is 2.37. The molecule has 0 unspecified atom stereocenters. The van der Waals surface area contributed by atoms with Gasteiger partial charge in [0.15, 0.2) is 6.61 Å². The minimum absolute atomic E-state index is 0.105. The molecule has 0 saturated heterocycles. The van der Waals surface area contributed by atoms with Gasteiger partial charge in [-0.2, -0.15) is 30.7 Å². The van der Waals surface area contributed by atoms with Gasteiger partial charge in [-0.3, -0.25) is 14.9 Å². The third kappa shape index (κ3) is 5.80. The second kappa shape index (κ2) is 7.93. The summed E-state index contributed by atoms with van der Waals surface area (Å²) in [6.45, 7) is -0.908. The number of carbonyl (C=O) groups is 1. The maximum absolute atomic E-state index is 13.4. The first-order chi connectivity index (χ1) is 13.3. The van der Waals surface area contributed by atoms with Gasteiger partial charge in [-0.1, -0.05) is 0 Å². The van der Waals surface area contributed by atoms with Gasteiger partial charge in [0.2, 0.25) is 5.82 Å². The van der Waals surface area contributed by atoms with E-state index in [0.717, 1.165) is 12.1 Å². The van der Waals surface area contributed by atoms with Gasteiger partial charge in [0.05, 0.1) is 16.1 Å². The largest absolute Gasteiger partial charge is 0.484 e. The van der Waals surface area contributed by atoms with Crippen LogP contribution in [0.3, 0.4) is 0 Å². The second-order valence-corrected chi connectivity index (χ2v) is 5.50. The van der Waals surface area contributed by atoms with E-state index in [1.807, 2.05) is 5.32 Å². The zero-order chi connectivity index (χ0) is 22.0. The average molecular weight is 426 g/mol. The minimum Gasteiger partial charge on any atom is -0.484 e. The zero-order valence-electron chi connectivity index (χ0n) is 13.9. The fourth-order valence-electron chi connectivity index (χ4n) is 2.10. The third-order valence-electron chi connectivity index (χ3n) is 3.36. The number of amides is 1. The molecule has 2 aromatic carbocycles. The number of hydrogen-bond donors (Lipinski definition) is 1. The third-order valence-corrected chi connectivity index (χ3v) is 3.36. The molecule has 0 spiro atoms. The molecular formula is C16H9F7N2O4. The van der Waals surface area contributed by atoms with Crippen molar-refractivity contribution in [3.8, 4) is 5.75 Å². The zero-order valence-corrected chi connectivity index (χ0v) is 13.9. The van der Waals surface area contributed by atoms with Crippen LogP contribution in [0.25, 0.3) is 0 Å². The molecule has 1 N–H and O–H groups in total. The summed E-state index contributed by atoms with van der Waals surface area (Å²) < 4.78 is 95.0. The lowest BCUT2D eigenvalue weighted by molar-refractivity contribution is -0.387. The summed E-state index contributed by atoms with van der Waals surface area (Å²) in [4.78, 5) is 21.3. The number of hydrogen-bond acceptors (Lipinski definition) is 4. The molecule has 1 amide bonds. The highest BCUT2D eigenvalue weighted by atomic mass is 19.4. The smallest absolute Gasteiger partial charge is 0.416 e. The van der Waals surface area contributed by atoms with Crippen LogP contribution < -0.4 is 10.1 Å². The number of anilines is 1. The Balaban J connectivity index is 2.14. The van der Waals surface area contributed by atoms with E-state index in [9.17, 15) is 45.6 Å². The van der Waals surface area contributed by atoms with Crippen molar-refractivity contribution in [3.05, 3.63) is 63.5 Å². The quantitative estimate of drug-likeness (QED) is 0.424. The molecule has 0 aliphatic rings. The van der Waals surface area contributed by atoms with E-state index in [1.54, 1.807) is 0 Å². The van der Waals surface area contributed by atoms with Crippen LogP contribution in [-0.2, 0) is 17.1 Å². The molecule has 0 aromatic heterocycles. The van der Waals surface area contributed by atoms with E-state index in [2.05, 4.69) is 0 Å². The first-order valence-electron chi connectivity index (χ1n) is 7.43. The topological polar surface area (TPSA) is 81.5 Å². The van der Waals surface area contributed by atoms with Gasteiger partial charge < -0.3 is 10.1 Å². The van der Waals surface area contributed by atoms with Crippen molar-refractivity contribution < 1.29 is 45.2 Å². The van der Waals surface area contributed by atoms with Gasteiger partial charge in [-0.15, -0.1) is 0 Å². The lowest BCUT2D eigenvalue weighted by Gasteiger charge is -2.15. The van der Waals surface area contributed by atoms with Gasteiger partial charge in [-0.05, 0) is 24.3 Å². The number of rotatable bonds is 5. The SMILES string of the molecule is O=C(COc1ccc([N+](=O)[O-])c(F)c1)Nc1cc(C(F)(F)F)cc(C(F)(F)F)c1. The molecule has 13 heteroatoms. The van der Waals surface area contributed by atoms with E-state index in [1.165, 1.54) is 0 Å². The number of benzene rings is 2. The number of alkyl halides is 6. The van der Waals surface area contributed by atoms with E-state index < -0.39 is 58.1 Å². The van der Waals surface area contributed by atoms with Crippen molar-refractivity contribution >= 4 is 17.3 Å². The number of nitrogens with zero attached hydrogens (tertiary/aromatic N) is 1. The molecule has 29 heavy (non-hydrogen) atoms. The summed E-state index contributed by atoms with van der Waals surface area (Å²) in [5.41, 5.74) is -4.89. The standard InChI is InChI=1S/C16H9F7N2O4/c17-12-6-11(1-2-13(12)25(27)28)29-7-14(26)24-10-4-8(15(18,19)20)3-9(5-10)16(21,22)23/h1-6H,7H2,(H,24,26). The Kier molecular flexibility index (Phi) is 5.99. The van der Waals surface area contributed by atoms with Crippen LogP contribution in [-0.4, -0.2) is 17.4 Å². The minimum atomic E-state index is -5.09. The number of halogens is 7. The Morgan fingerprint density at radius 1 is 1.00 bits per heavy atom. The van der Waals surface area contributed by atoms with Crippen molar-refractivity contribution in [2.75, 3.05) is 11.9 Å². The summed E-state index contributed by atoms with van der Waals surface area (Å²) >= 11 is 0. The van der Waals surface area contributed by atoms with E-state index in [0.29, 0.717) is 18.2 Å². The molecule has 6 nitrogen and oxygen atoms in total. The van der Waals surface area contributed by atoms with Crippen LogP contribution in [0.4, 0.5) is 42.1 Å². The highest BCUT2D eigenvalue weighted by Crippen LogP contribution is 2.37. The lowest BCUT2D eigenvalue weighted by Crippen LogP contribution is -2.21. The monoisotopic (exact) mass is 426 g/mol. The Labute approximate surface area is 157 Å². The maximum Gasteiger partial charge on any atom is 0.416 e. The maximum atomic E-state index is 13.4. The molecule has 0 aliphatic heterocycles. The number of nitrogens with one attached hydrogen (secondary N) is 1. The highest BCUT2D eigenvalue weighted by molar-refractivity contribution is 5.92. The van der Waals surface area contributed by atoms with Crippen LogP contribution in [0, 0.1) is 15.9 Å². The number of carbonyl (C=O) groups excluding carboxylic acids is 1. The molecule has 0 bridgehead atoms. The van der Waals surface area contributed by atoms with Crippen molar-refractivity contribution in [2.45, 2.75) is 12.4 Å². The van der Waals surface area contributed by atoms with Gasteiger partial charge in [0.25, 0.3) is 5.91 Å². The number of nitro groups is 1. The summed E-state index contributed by atoms with van der Waals surface area (Å²) in [5, 5.41) is 12.3.